The van der Waals surface area contributed by atoms with Crippen molar-refractivity contribution in [1.29, 1.82) is 0 Å². The minimum atomic E-state index is 0.529. The Morgan fingerprint density at radius 2 is 1.24 bits per heavy atom. The van der Waals surface area contributed by atoms with Gasteiger partial charge >= 0.3 is 0 Å². The molecule has 1 N–H and O–H groups in total. The third-order valence-electron chi connectivity index (χ3n) is 5.13. The molecule has 0 aromatic heterocycles. The number of oxime groups is 1. The maximum atomic E-state index is 9.40. The quantitative estimate of drug-likeness (QED) is 0.0963. The van der Waals surface area contributed by atoms with Crippen LogP contribution in [0.1, 0.15) is 37.3 Å². The fourth-order valence-electron chi connectivity index (χ4n) is 3.40. The highest BCUT2D eigenvalue weighted by Crippen LogP contribution is 2.22. The number of hydrogen-bond acceptors (Lipinski definition) is 3. The van der Waals surface area contributed by atoms with Crippen LogP contribution in [-0.4, -0.2) is 17.5 Å². The highest BCUT2D eigenvalue weighted by atomic mass is 31.1. The minimum absolute atomic E-state index is 0.529. The number of rotatable bonds is 9. The first kappa shape index (κ1) is 25.2. The van der Waals surface area contributed by atoms with Crippen LogP contribution >= 0.6 is 8.58 Å². The predicted octanol–water partition coefficient (Wildman–Crippen LogP) is 6.80. The summed E-state index contributed by atoms with van der Waals surface area (Å²) in [5, 5.41) is 15.7. The Kier molecular flexibility index (Phi) is 10.9. The molecule has 0 radical (unpaired) electrons. The summed E-state index contributed by atoms with van der Waals surface area (Å²) in [6, 6.07) is 38.4. The molecule has 0 spiro atoms. The van der Waals surface area contributed by atoms with Gasteiger partial charge in [-0.3, -0.25) is 0 Å². The molecule has 34 heavy (non-hydrogen) atoms. The largest absolute Gasteiger partial charge is 0.493 e. The average molecular weight is 470 g/mol. The molecule has 0 bridgehead atoms. The minimum Gasteiger partial charge on any atom is -0.493 e. The standard InChI is InChI=1S/C18H21NO2.C12H11P/c1-2-3-9-14-21-17-13-8-7-12-16(17)18(19-20)15-10-5-4-6-11-15;1-3-7-11(8-4-1)13-12-9-5-2-6-10-12/h4-8,10-13,20H,2-3,9,14H2,1H3;1-10,13H. The highest BCUT2D eigenvalue weighted by molar-refractivity contribution is 7.55. The van der Waals surface area contributed by atoms with E-state index in [1.165, 1.54) is 17.0 Å². The summed E-state index contributed by atoms with van der Waals surface area (Å²) in [4.78, 5) is 0. The van der Waals surface area contributed by atoms with Crippen molar-refractivity contribution in [1.82, 2.24) is 0 Å². The van der Waals surface area contributed by atoms with E-state index in [1.807, 2.05) is 54.6 Å². The van der Waals surface area contributed by atoms with E-state index in [1.54, 1.807) is 0 Å². The smallest absolute Gasteiger partial charge is 0.128 e. The SMILES string of the molecule is CCCCCOc1ccccc1C(=NO)c1ccccc1.c1ccc(Pc2ccccc2)cc1. The van der Waals surface area contributed by atoms with Gasteiger partial charge < -0.3 is 9.94 Å². The van der Waals surface area contributed by atoms with E-state index >= 15 is 0 Å². The van der Waals surface area contributed by atoms with Crippen molar-refractivity contribution in [2.24, 2.45) is 5.16 Å². The summed E-state index contributed by atoms with van der Waals surface area (Å²) in [5.74, 6) is 0.755. The summed E-state index contributed by atoms with van der Waals surface area (Å²) in [6.07, 6.45) is 3.35. The molecule has 4 rings (SSSR count). The second-order valence-corrected chi connectivity index (χ2v) is 9.13. The first-order valence-corrected chi connectivity index (χ1v) is 12.7. The van der Waals surface area contributed by atoms with Crippen molar-refractivity contribution < 1.29 is 9.94 Å². The normalized spacial score (nSPS) is 10.8. The number of benzene rings is 4. The number of ether oxygens (including phenoxy) is 1. The zero-order valence-electron chi connectivity index (χ0n) is 19.6. The Labute approximate surface area is 204 Å². The molecule has 174 valence electrons. The molecular weight excluding hydrogens is 437 g/mol. The molecular formula is C30H32NO2P. The number of nitrogens with zero attached hydrogens (tertiary/aromatic N) is 1. The van der Waals surface area contributed by atoms with Crippen molar-refractivity contribution in [2.75, 3.05) is 6.61 Å². The van der Waals surface area contributed by atoms with Crippen molar-refractivity contribution in [3.63, 3.8) is 0 Å². The lowest BCUT2D eigenvalue weighted by molar-refractivity contribution is 0.303. The van der Waals surface area contributed by atoms with Crippen LogP contribution in [0.25, 0.3) is 0 Å². The van der Waals surface area contributed by atoms with E-state index in [-0.39, 0.29) is 0 Å². The van der Waals surface area contributed by atoms with Gasteiger partial charge in [0, 0.05) is 11.1 Å². The molecule has 0 aliphatic carbocycles. The van der Waals surface area contributed by atoms with Gasteiger partial charge in [-0.05, 0) is 29.2 Å². The Bertz CT molecular complexity index is 1080. The van der Waals surface area contributed by atoms with Crippen LogP contribution in [0.4, 0.5) is 0 Å². The van der Waals surface area contributed by atoms with Gasteiger partial charge in [0.1, 0.15) is 11.5 Å². The molecule has 0 fully saturated rings. The van der Waals surface area contributed by atoms with Crippen molar-refractivity contribution in [3.05, 3.63) is 126 Å². The van der Waals surface area contributed by atoms with Crippen LogP contribution in [-0.2, 0) is 0 Å². The van der Waals surface area contributed by atoms with Gasteiger partial charge in [-0.25, -0.2) is 0 Å². The molecule has 0 aliphatic heterocycles. The molecule has 4 heteroatoms. The molecule has 4 aromatic rings. The molecule has 3 nitrogen and oxygen atoms in total. The zero-order valence-corrected chi connectivity index (χ0v) is 20.6. The van der Waals surface area contributed by atoms with Crippen molar-refractivity contribution in [2.45, 2.75) is 26.2 Å². The van der Waals surface area contributed by atoms with Crippen LogP contribution in [0, 0.1) is 0 Å². The molecule has 4 aromatic carbocycles. The fraction of sp³-hybridized carbons (Fsp3) is 0.167. The molecule has 0 unspecified atom stereocenters. The van der Waals surface area contributed by atoms with Gasteiger partial charge in [0.2, 0.25) is 0 Å². The maximum absolute atomic E-state index is 9.40. The number of para-hydroxylation sites is 1. The third kappa shape index (κ3) is 8.17. The molecule has 0 saturated heterocycles. The van der Waals surface area contributed by atoms with Crippen molar-refractivity contribution in [3.8, 4) is 5.75 Å². The molecule has 0 atom stereocenters. The van der Waals surface area contributed by atoms with Gasteiger partial charge in [-0.15, -0.1) is 0 Å². The van der Waals surface area contributed by atoms with Crippen LogP contribution in [0.15, 0.2) is 120 Å². The number of hydrogen-bond donors (Lipinski definition) is 1. The van der Waals surface area contributed by atoms with E-state index in [0.717, 1.165) is 38.3 Å². The Hall–Kier alpha value is -3.42. The average Bonchev–Trinajstić information content (AvgIpc) is 2.90. The topological polar surface area (TPSA) is 41.8 Å². The van der Waals surface area contributed by atoms with Crippen molar-refractivity contribution >= 4 is 24.9 Å². The van der Waals surface area contributed by atoms with Crippen LogP contribution in [0.2, 0.25) is 0 Å². The van der Waals surface area contributed by atoms with E-state index in [0.29, 0.717) is 12.3 Å². The summed E-state index contributed by atoms with van der Waals surface area (Å²) in [6.45, 7) is 2.85. The summed E-state index contributed by atoms with van der Waals surface area (Å²) >= 11 is 0. The third-order valence-corrected chi connectivity index (χ3v) is 6.38. The first-order chi connectivity index (χ1) is 16.8. The summed E-state index contributed by atoms with van der Waals surface area (Å²) in [7, 11) is 0.777. The lowest BCUT2D eigenvalue weighted by Gasteiger charge is -2.12. The van der Waals surface area contributed by atoms with E-state index < -0.39 is 0 Å². The zero-order chi connectivity index (χ0) is 23.8. The summed E-state index contributed by atoms with van der Waals surface area (Å²) < 4.78 is 5.85. The predicted molar refractivity (Wildman–Crippen MR) is 146 cm³/mol. The molecule has 0 saturated carbocycles. The maximum Gasteiger partial charge on any atom is 0.128 e. The van der Waals surface area contributed by atoms with Gasteiger partial charge in [-0.1, -0.05) is 137 Å². The van der Waals surface area contributed by atoms with E-state index in [2.05, 4.69) is 72.7 Å². The summed E-state index contributed by atoms with van der Waals surface area (Å²) in [5.41, 5.74) is 2.20. The lowest BCUT2D eigenvalue weighted by Crippen LogP contribution is -2.07. The second-order valence-electron chi connectivity index (χ2n) is 7.72. The second kappa shape index (κ2) is 14.7. The Balaban J connectivity index is 0.000000212. The highest BCUT2D eigenvalue weighted by Gasteiger charge is 2.12. The Morgan fingerprint density at radius 3 is 1.79 bits per heavy atom. The molecule has 0 heterocycles. The Morgan fingerprint density at radius 1 is 0.706 bits per heavy atom. The van der Waals surface area contributed by atoms with Gasteiger partial charge in [-0.2, -0.15) is 0 Å². The monoisotopic (exact) mass is 469 g/mol. The van der Waals surface area contributed by atoms with Gasteiger partial charge in [0.05, 0.1) is 6.61 Å². The van der Waals surface area contributed by atoms with Crippen LogP contribution < -0.4 is 15.3 Å². The van der Waals surface area contributed by atoms with Gasteiger partial charge in [0.25, 0.3) is 0 Å². The van der Waals surface area contributed by atoms with Crippen LogP contribution in [0.3, 0.4) is 0 Å². The van der Waals surface area contributed by atoms with Crippen LogP contribution in [0.5, 0.6) is 5.75 Å². The number of unbranched alkanes of at least 4 members (excludes halogenated alkanes) is 2. The van der Waals surface area contributed by atoms with E-state index in [4.69, 9.17) is 4.74 Å². The fourth-order valence-corrected chi connectivity index (χ4v) is 4.45. The molecule has 0 aliphatic rings. The molecule has 0 amide bonds. The van der Waals surface area contributed by atoms with Gasteiger partial charge in [0.15, 0.2) is 0 Å². The van der Waals surface area contributed by atoms with E-state index in [9.17, 15) is 5.21 Å². The lowest BCUT2D eigenvalue weighted by atomic mass is 10.0. The first-order valence-electron chi connectivity index (χ1n) is 11.7.